The van der Waals surface area contributed by atoms with Crippen LogP contribution in [0.3, 0.4) is 0 Å². The van der Waals surface area contributed by atoms with E-state index in [1.54, 1.807) is 37.4 Å². The molecule has 36 heavy (non-hydrogen) atoms. The Morgan fingerprint density at radius 2 is 1.64 bits per heavy atom. The number of methoxy groups -OCH3 is 2. The Morgan fingerprint density at radius 1 is 0.861 bits per heavy atom. The highest BCUT2D eigenvalue weighted by molar-refractivity contribution is 5.94. The molecule has 8 nitrogen and oxygen atoms in total. The predicted octanol–water partition coefficient (Wildman–Crippen LogP) is 4.69. The highest BCUT2D eigenvalue weighted by atomic mass is 16.6. The molecule has 4 aromatic rings. The van der Waals surface area contributed by atoms with E-state index in [-0.39, 0.29) is 29.0 Å². The second kappa shape index (κ2) is 8.64. The first-order valence-electron chi connectivity index (χ1n) is 11.5. The van der Waals surface area contributed by atoms with Gasteiger partial charge in [-0.15, -0.1) is 0 Å². The van der Waals surface area contributed by atoms with Crippen LogP contribution in [0.1, 0.15) is 23.5 Å². The fourth-order valence-corrected chi connectivity index (χ4v) is 4.81. The molecule has 0 bridgehead atoms. The maximum Gasteiger partial charge on any atom is 0.312 e. The smallest absolute Gasteiger partial charge is 0.312 e. The normalized spacial score (nSPS) is 16.3. The molecule has 0 radical (unpaired) electrons. The van der Waals surface area contributed by atoms with Crippen LogP contribution in [-0.2, 0) is 4.79 Å². The number of carbonyl (C=O) groups excluding carboxylic acids is 1. The molecule has 3 heterocycles. The van der Waals surface area contributed by atoms with Crippen molar-refractivity contribution in [1.82, 2.24) is 0 Å². The molecule has 0 saturated heterocycles. The van der Waals surface area contributed by atoms with Gasteiger partial charge in [0.1, 0.15) is 47.7 Å². The number of esters is 1. The molecule has 1 atom stereocenters. The summed E-state index contributed by atoms with van der Waals surface area (Å²) in [6.07, 6.45) is 1.52. The van der Waals surface area contributed by atoms with Gasteiger partial charge in [0.15, 0.2) is 11.5 Å². The first-order valence-corrected chi connectivity index (χ1v) is 11.5. The Hall–Kier alpha value is -4.46. The Bertz CT molecular complexity index is 1550. The number of carbonyl (C=O) groups is 1. The lowest BCUT2D eigenvalue weighted by Gasteiger charge is -2.27. The lowest BCUT2D eigenvalue weighted by atomic mass is 9.84. The highest BCUT2D eigenvalue weighted by Gasteiger charge is 2.34. The van der Waals surface area contributed by atoms with Crippen molar-refractivity contribution in [2.24, 2.45) is 0 Å². The predicted molar refractivity (Wildman–Crippen MR) is 131 cm³/mol. The van der Waals surface area contributed by atoms with E-state index < -0.39 is 5.92 Å². The summed E-state index contributed by atoms with van der Waals surface area (Å²) in [4.78, 5) is 26.3. The Kier molecular flexibility index (Phi) is 5.29. The van der Waals surface area contributed by atoms with Gasteiger partial charge in [0, 0.05) is 17.5 Å². The molecular formula is C28H22O8. The van der Waals surface area contributed by atoms with Crippen LogP contribution < -0.4 is 29.1 Å². The summed E-state index contributed by atoms with van der Waals surface area (Å²) >= 11 is 0. The van der Waals surface area contributed by atoms with Gasteiger partial charge in [0.2, 0.25) is 5.43 Å². The van der Waals surface area contributed by atoms with E-state index >= 15 is 0 Å². The van der Waals surface area contributed by atoms with Crippen molar-refractivity contribution < 1.29 is 32.9 Å². The first kappa shape index (κ1) is 22.0. The van der Waals surface area contributed by atoms with Crippen LogP contribution in [0.5, 0.6) is 28.7 Å². The Labute approximate surface area is 205 Å². The van der Waals surface area contributed by atoms with Gasteiger partial charge in [-0.3, -0.25) is 9.59 Å². The van der Waals surface area contributed by atoms with Gasteiger partial charge in [-0.25, -0.2) is 0 Å². The molecule has 0 amide bonds. The Balaban J connectivity index is 1.56. The molecule has 3 aromatic carbocycles. The molecule has 0 fully saturated rings. The third-order valence-corrected chi connectivity index (χ3v) is 6.54. The van der Waals surface area contributed by atoms with E-state index in [2.05, 4.69) is 0 Å². The number of ether oxygens (including phenoxy) is 5. The molecule has 0 spiro atoms. The van der Waals surface area contributed by atoms with Crippen molar-refractivity contribution in [1.29, 1.82) is 0 Å². The fraction of sp³-hybridized carbons (Fsp3) is 0.214. The number of rotatable bonds is 4. The molecule has 2 aliphatic rings. The number of hydrogen-bond donors (Lipinski definition) is 0. The highest BCUT2D eigenvalue weighted by Crippen LogP contribution is 2.47. The summed E-state index contributed by atoms with van der Waals surface area (Å²) < 4.78 is 33.9. The van der Waals surface area contributed by atoms with Gasteiger partial charge in [0.05, 0.1) is 26.2 Å². The summed E-state index contributed by atoms with van der Waals surface area (Å²) in [5, 5.41) is 0.282. The Morgan fingerprint density at radius 3 is 2.39 bits per heavy atom. The van der Waals surface area contributed by atoms with Crippen molar-refractivity contribution >= 4 is 16.9 Å². The fourth-order valence-electron chi connectivity index (χ4n) is 4.81. The maximum absolute atomic E-state index is 13.7. The van der Waals surface area contributed by atoms with Crippen LogP contribution in [0.25, 0.3) is 22.1 Å². The minimum Gasteiger partial charge on any atom is -0.497 e. The van der Waals surface area contributed by atoms with Gasteiger partial charge in [-0.2, -0.15) is 0 Å². The van der Waals surface area contributed by atoms with E-state index in [0.29, 0.717) is 58.5 Å². The monoisotopic (exact) mass is 486 g/mol. The molecule has 2 aliphatic heterocycles. The SMILES string of the molecule is COc1ccc(-c2coc3c4c(cc(OC)c3c2=O)OC(=O)C[C@@H]4c2ccc3c(c2)OCCO3)cc1. The molecular weight excluding hydrogens is 464 g/mol. The summed E-state index contributed by atoms with van der Waals surface area (Å²) in [6.45, 7) is 0.930. The summed E-state index contributed by atoms with van der Waals surface area (Å²) in [6, 6.07) is 14.3. The second-order valence-electron chi connectivity index (χ2n) is 8.54. The van der Waals surface area contributed by atoms with E-state index in [4.69, 9.17) is 28.1 Å². The van der Waals surface area contributed by atoms with Gasteiger partial charge in [0.25, 0.3) is 0 Å². The summed E-state index contributed by atoms with van der Waals surface area (Å²) in [7, 11) is 3.04. The third kappa shape index (κ3) is 3.53. The van der Waals surface area contributed by atoms with E-state index in [0.717, 1.165) is 5.56 Å². The molecule has 1 aromatic heterocycles. The van der Waals surface area contributed by atoms with Crippen molar-refractivity contribution in [3.63, 3.8) is 0 Å². The zero-order chi connectivity index (χ0) is 24.8. The van der Waals surface area contributed by atoms with Crippen LogP contribution in [0.2, 0.25) is 0 Å². The maximum atomic E-state index is 13.7. The molecule has 8 heteroatoms. The molecule has 182 valence electrons. The molecule has 0 unspecified atom stereocenters. The summed E-state index contributed by atoms with van der Waals surface area (Å²) in [5.74, 6) is 1.71. The lowest BCUT2D eigenvalue weighted by molar-refractivity contribution is -0.135. The largest absolute Gasteiger partial charge is 0.497 e. The van der Waals surface area contributed by atoms with Gasteiger partial charge in [-0.1, -0.05) is 18.2 Å². The second-order valence-corrected chi connectivity index (χ2v) is 8.54. The zero-order valence-corrected chi connectivity index (χ0v) is 19.7. The van der Waals surface area contributed by atoms with E-state index in [1.165, 1.54) is 13.4 Å². The average Bonchev–Trinajstić information content (AvgIpc) is 2.92. The zero-order valence-electron chi connectivity index (χ0n) is 19.7. The van der Waals surface area contributed by atoms with Gasteiger partial charge in [-0.05, 0) is 35.4 Å². The van der Waals surface area contributed by atoms with Crippen molar-refractivity contribution in [3.8, 4) is 39.9 Å². The third-order valence-electron chi connectivity index (χ3n) is 6.54. The topological polar surface area (TPSA) is 93.4 Å². The van der Waals surface area contributed by atoms with Gasteiger partial charge >= 0.3 is 5.97 Å². The minimum atomic E-state index is -0.416. The van der Waals surface area contributed by atoms with Gasteiger partial charge < -0.3 is 28.1 Å². The molecule has 0 saturated carbocycles. The van der Waals surface area contributed by atoms with E-state index in [1.807, 2.05) is 18.2 Å². The van der Waals surface area contributed by atoms with Crippen LogP contribution in [0.15, 0.2) is 64.0 Å². The summed E-state index contributed by atoms with van der Waals surface area (Å²) in [5.41, 5.74) is 2.57. The number of fused-ring (bicyclic) bond motifs is 4. The van der Waals surface area contributed by atoms with Crippen molar-refractivity contribution in [3.05, 3.63) is 76.1 Å². The molecule has 0 N–H and O–H groups in total. The quantitative estimate of drug-likeness (QED) is 0.303. The number of benzene rings is 3. The van der Waals surface area contributed by atoms with Crippen LogP contribution in [0, 0.1) is 0 Å². The minimum absolute atomic E-state index is 0.0814. The average molecular weight is 486 g/mol. The van der Waals surface area contributed by atoms with E-state index in [9.17, 15) is 9.59 Å². The van der Waals surface area contributed by atoms with Crippen molar-refractivity contribution in [2.45, 2.75) is 12.3 Å². The van der Waals surface area contributed by atoms with Crippen LogP contribution >= 0.6 is 0 Å². The molecule has 0 aliphatic carbocycles. The van der Waals surface area contributed by atoms with Crippen LogP contribution in [0.4, 0.5) is 0 Å². The standard InChI is InChI=1S/C28H22O8/c1-31-17-6-3-15(4-7-17)19-14-35-28-25-18(16-5-8-20-21(11-16)34-10-9-33-20)12-24(29)36-23(25)13-22(32-2)26(28)27(19)30/h3-8,11,13-14,18H,9-10,12H2,1-2H3/t18-/m1/s1. The molecule has 6 rings (SSSR count). The lowest BCUT2D eigenvalue weighted by Crippen LogP contribution is -2.23. The van der Waals surface area contributed by atoms with Crippen molar-refractivity contribution in [2.75, 3.05) is 27.4 Å². The number of hydrogen-bond acceptors (Lipinski definition) is 8. The van der Waals surface area contributed by atoms with Crippen LogP contribution in [-0.4, -0.2) is 33.4 Å². The first-order chi connectivity index (χ1) is 17.6.